The standard InChI is InChI=1S/C27H32N4O6/c1-3-12-29(13-4-2)25(33)17-31-21-8-6-5-7-20(21)26(34)30(27(31)35)14-11-24(32)28-16-19-9-10-22-23(15-19)37-18-36-22/h5-10,15H,3-4,11-14,16-18H2,1-2H3,(H,28,32). The molecule has 1 aliphatic heterocycles. The SMILES string of the molecule is CCCN(CCC)C(=O)Cn1c(=O)n(CCC(=O)NCc2ccc3c(c2)OCO3)c(=O)c2ccccc21. The molecule has 2 aromatic carbocycles. The Morgan fingerprint density at radius 2 is 1.70 bits per heavy atom. The topological polar surface area (TPSA) is 112 Å². The number of nitrogens with zero attached hydrogens (tertiary/aromatic N) is 3. The van der Waals surface area contributed by atoms with E-state index in [0.717, 1.165) is 23.0 Å². The highest BCUT2D eigenvalue weighted by atomic mass is 16.7. The molecule has 4 rings (SSSR count). The summed E-state index contributed by atoms with van der Waals surface area (Å²) in [6, 6.07) is 12.1. The van der Waals surface area contributed by atoms with Crippen LogP contribution in [0.5, 0.6) is 11.5 Å². The van der Waals surface area contributed by atoms with Crippen molar-refractivity contribution < 1.29 is 19.1 Å². The lowest BCUT2D eigenvalue weighted by Crippen LogP contribution is -2.44. The van der Waals surface area contributed by atoms with Crippen LogP contribution in [-0.4, -0.2) is 45.7 Å². The highest BCUT2D eigenvalue weighted by molar-refractivity contribution is 5.82. The van der Waals surface area contributed by atoms with Crippen molar-refractivity contribution in [2.24, 2.45) is 0 Å². The van der Waals surface area contributed by atoms with Crippen LogP contribution in [0.3, 0.4) is 0 Å². The Morgan fingerprint density at radius 1 is 0.973 bits per heavy atom. The van der Waals surface area contributed by atoms with Crippen molar-refractivity contribution in [3.8, 4) is 11.5 Å². The van der Waals surface area contributed by atoms with Gasteiger partial charge in [-0.15, -0.1) is 0 Å². The van der Waals surface area contributed by atoms with Crippen LogP contribution in [0.4, 0.5) is 0 Å². The third-order valence-corrected chi connectivity index (χ3v) is 6.25. The first-order valence-electron chi connectivity index (χ1n) is 12.6. The molecule has 1 aromatic heterocycles. The van der Waals surface area contributed by atoms with Gasteiger partial charge < -0.3 is 19.7 Å². The Labute approximate surface area is 214 Å². The van der Waals surface area contributed by atoms with Crippen LogP contribution >= 0.6 is 0 Å². The van der Waals surface area contributed by atoms with Crippen molar-refractivity contribution in [1.29, 1.82) is 0 Å². The summed E-state index contributed by atoms with van der Waals surface area (Å²) < 4.78 is 13.0. The number of ether oxygens (including phenoxy) is 2. The first-order chi connectivity index (χ1) is 17.9. The second kappa shape index (κ2) is 11.8. The number of aromatic nitrogens is 2. The van der Waals surface area contributed by atoms with Crippen molar-refractivity contribution in [3.05, 3.63) is 68.9 Å². The average Bonchev–Trinajstić information content (AvgIpc) is 3.37. The minimum absolute atomic E-state index is 0.0657. The normalized spacial score (nSPS) is 12.1. The summed E-state index contributed by atoms with van der Waals surface area (Å²) in [5.74, 6) is 0.800. The van der Waals surface area contributed by atoms with Crippen molar-refractivity contribution in [2.45, 2.75) is 52.7 Å². The molecule has 0 bridgehead atoms. The smallest absolute Gasteiger partial charge is 0.331 e. The van der Waals surface area contributed by atoms with E-state index in [2.05, 4.69) is 5.32 Å². The van der Waals surface area contributed by atoms with Gasteiger partial charge in [-0.25, -0.2) is 4.79 Å². The molecule has 0 unspecified atom stereocenters. The van der Waals surface area contributed by atoms with E-state index < -0.39 is 11.2 Å². The molecular formula is C27H32N4O6. The van der Waals surface area contributed by atoms with Crippen LogP contribution in [-0.2, 0) is 29.2 Å². The molecule has 0 atom stereocenters. The second-order valence-corrected chi connectivity index (χ2v) is 8.94. The quantitative estimate of drug-likeness (QED) is 0.425. The van der Waals surface area contributed by atoms with Crippen molar-refractivity contribution >= 4 is 22.7 Å². The van der Waals surface area contributed by atoms with Gasteiger partial charge in [0.2, 0.25) is 18.6 Å². The molecule has 0 saturated carbocycles. The molecule has 10 nitrogen and oxygen atoms in total. The molecule has 37 heavy (non-hydrogen) atoms. The summed E-state index contributed by atoms with van der Waals surface area (Å²) in [7, 11) is 0. The fourth-order valence-corrected chi connectivity index (χ4v) is 4.41. The zero-order valence-electron chi connectivity index (χ0n) is 21.2. The number of nitrogens with one attached hydrogen (secondary N) is 1. The van der Waals surface area contributed by atoms with E-state index in [-0.39, 0.29) is 44.7 Å². The van der Waals surface area contributed by atoms with E-state index in [0.29, 0.717) is 35.5 Å². The van der Waals surface area contributed by atoms with Gasteiger partial charge >= 0.3 is 5.69 Å². The molecule has 1 aliphatic rings. The third kappa shape index (κ3) is 5.84. The summed E-state index contributed by atoms with van der Waals surface area (Å²) in [5.41, 5.74) is 0.160. The first kappa shape index (κ1) is 26.0. The van der Waals surface area contributed by atoms with Crippen LogP contribution in [0.1, 0.15) is 38.7 Å². The molecule has 0 saturated heterocycles. The van der Waals surface area contributed by atoms with Crippen molar-refractivity contribution in [3.63, 3.8) is 0 Å². The number of fused-ring (bicyclic) bond motifs is 2. The third-order valence-electron chi connectivity index (χ3n) is 6.25. The molecule has 196 valence electrons. The van der Waals surface area contributed by atoms with Gasteiger partial charge in [-0.3, -0.25) is 23.5 Å². The molecule has 2 heterocycles. The van der Waals surface area contributed by atoms with E-state index in [1.807, 2.05) is 19.9 Å². The molecule has 3 aromatic rings. The second-order valence-electron chi connectivity index (χ2n) is 8.94. The summed E-state index contributed by atoms with van der Waals surface area (Å²) in [6.45, 7) is 5.36. The fourth-order valence-electron chi connectivity index (χ4n) is 4.41. The maximum Gasteiger partial charge on any atom is 0.331 e. The summed E-state index contributed by atoms with van der Waals surface area (Å²) in [5, 5.41) is 3.13. The molecule has 0 aliphatic carbocycles. The molecule has 10 heteroatoms. The van der Waals surface area contributed by atoms with Crippen LogP contribution < -0.4 is 26.0 Å². The van der Waals surface area contributed by atoms with E-state index in [4.69, 9.17) is 9.47 Å². The Bertz CT molecular complexity index is 1400. The zero-order valence-corrected chi connectivity index (χ0v) is 21.2. The monoisotopic (exact) mass is 508 g/mol. The minimum Gasteiger partial charge on any atom is -0.454 e. The zero-order chi connectivity index (χ0) is 26.4. The van der Waals surface area contributed by atoms with Crippen LogP contribution in [0.2, 0.25) is 0 Å². The first-order valence-corrected chi connectivity index (χ1v) is 12.6. The summed E-state index contributed by atoms with van der Waals surface area (Å²) in [6.07, 6.45) is 1.55. The fraction of sp³-hybridized carbons (Fsp3) is 0.407. The Morgan fingerprint density at radius 3 is 2.46 bits per heavy atom. The number of carbonyl (C=O) groups is 2. The minimum atomic E-state index is -0.603. The van der Waals surface area contributed by atoms with Crippen molar-refractivity contribution in [2.75, 3.05) is 19.9 Å². The Hall–Kier alpha value is -4.08. The maximum absolute atomic E-state index is 13.4. The van der Waals surface area contributed by atoms with Gasteiger partial charge in [-0.2, -0.15) is 0 Å². The number of hydrogen-bond donors (Lipinski definition) is 1. The van der Waals surface area contributed by atoms with Gasteiger partial charge in [0.15, 0.2) is 11.5 Å². The molecule has 0 fully saturated rings. The summed E-state index contributed by atoms with van der Waals surface area (Å²) >= 11 is 0. The number of para-hydroxylation sites is 1. The number of carbonyl (C=O) groups excluding carboxylic acids is 2. The number of hydrogen-bond acceptors (Lipinski definition) is 6. The van der Waals surface area contributed by atoms with E-state index in [1.54, 1.807) is 41.3 Å². The van der Waals surface area contributed by atoms with E-state index in [9.17, 15) is 19.2 Å². The van der Waals surface area contributed by atoms with Gasteiger partial charge in [0.1, 0.15) is 6.54 Å². The molecule has 2 amide bonds. The largest absolute Gasteiger partial charge is 0.454 e. The highest BCUT2D eigenvalue weighted by Gasteiger charge is 2.19. The number of amides is 2. The number of rotatable bonds is 11. The van der Waals surface area contributed by atoms with Gasteiger partial charge in [-0.1, -0.05) is 32.0 Å². The van der Waals surface area contributed by atoms with Gasteiger partial charge in [0.25, 0.3) is 5.56 Å². The van der Waals surface area contributed by atoms with Gasteiger partial charge in [-0.05, 0) is 42.7 Å². The molecular weight excluding hydrogens is 476 g/mol. The van der Waals surface area contributed by atoms with Crippen LogP contribution in [0.25, 0.3) is 10.9 Å². The molecule has 0 spiro atoms. The lowest BCUT2D eigenvalue weighted by atomic mass is 10.2. The summed E-state index contributed by atoms with van der Waals surface area (Å²) in [4.78, 5) is 53.8. The Balaban J connectivity index is 1.51. The number of benzene rings is 2. The lowest BCUT2D eigenvalue weighted by Gasteiger charge is -2.22. The predicted molar refractivity (Wildman–Crippen MR) is 139 cm³/mol. The Kier molecular flexibility index (Phi) is 8.27. The van der Waals surface area contributed by atoms with E-state index >= 15 is 0 Å². The van der Waals surface area contributed by atoms with Crippen LogP contribution in [0.15, 0.2) is 52.1 Å². The van der Waals surface area contributed by atoms with E-state index in [1.165, 1.54) is 4.57 Å². The van der Waals surface area contributed by atoms with Gasteiger partial charge in [0, 0.05) is 32.6 Å². The van der Waals surface area contributed by atoms with Crippen LogP contribution in [0, 0.1) is 0 Å². The van der Waals surface area contributed by atoms with Gasteiger partial charge in [0.05, 0.1) is 10.9 Å². The molecule has 1 N–H and O–H groups in total. The molecule has 0 radical (unpaired) electrons. The highest BCUT2D eigenvalue weighted by Crippen LogP contribution is 2.32. The lowest BCUT2D eigenvalue weighted by molar-refractivity contribution is -0.132. The average molecular weight is 509 g/mol. The predicted octanol–water partition coefficient (Wildman–Crippen LogP) is 2.25. The van der Waals surface area contributed by atoms with Crippen molar-refractivity contribution in [1.82, 2.24) is 19.4 Å². The maximum atomic E-state index is 13.4.